The molecule has 96 valence electrons. The van der Waals surface area contributed by atoms with Gasteiger partial charge in [-0.25, -0.2) is 0 Å². The summed E-state index contributed by atoms with van der Waals surface area (Å²) in [6.07, 6.45) is 2.40. The Morgan fingerprint density at radius 1 is 1.41 bits per heavy atom. The van der Waals surface area contributed by atoms with E-state index in [0.29, 0.717) is 17.0 Å². The first-order valence-electron chi connectivity index (χ1n) is 6.14. The molecule has 0 aromatic heterocycles. The van der Waals surface area contributed by atoms with Crippen LogP contribution in [0, 0.1) is 5.92 Å². The number of ether oxygens (including phenoxy) is 1. The van der Waals surface area contributed by atoms with Gasteiger partial charge < -0.3 is 10.1 Å². The van der Waals surface area contributed by atoms with E-state index in [4.69, 9.17) is 16.3 Å². The number of hydrogen-bond acceptors (Lipinski definition) is 2. The third-order valence-corrected chi connectivity index (χ3v) is 3.45. The van der Waals surface area contributed by atoms with Crippen molar-refractivity contribution in [1.82, 2.24) is 5.32 Å². The van der Waals surface area contributed by atoms with Crippen LogP contribution in [0.15, 0.2) is 18.2 Å². The summed E-state index contributed by atoms with van der Waals surface area (Å²) in [7, 11) is 3.63. The molecule has 0 bridgehead atoms. The van der Waals surface area contributed by atoms with Gasteiger partial charge in [-0.3, -0.25) is 0 Å². The Hall–Kier alpha value is -0.730. The van der Waals surface area contributed by atoms with Crippen molar-refractivity contribution in [3.05, 3.63) is 28.8 Å². The second-order valence-electron chi connectivity index (χ2n) is 4.43. The molecule has 0 spiro atoms. The molecule has 1 aromatic carbocycles. The number of hydrogen-bond donors (Lipinski definition) is 1. The van der Waals surface area contributed by atoms with E-state index >= 15 is 0 Å². The van der Waals surface area contributed by atoms with Crippen LogP contribution in [-0.2, 0) is 0 Å². The third kappa shape index (κ3) is 3.62. The minimum absolute atomic E-state index is 0.346. The molecule has 1 rings (SSSR count). The topological polar surface area (TPSA) is 21.3 Å². The predicted octanol–water partition coefficient (Wildman–Crippen LogP) is 4.05. The summed E-state index contributed by atoms with van der Waals surface area (Å²) in [5.74, 6) is 1.32. The zero-order valence-corrected chi connectivity index (χ0v) is 11.8. The zero-order chi connectivity index (χ0) is 12.8. The maximum atomic E-state index is 6.16. The van der Waals surface area contributed by atoms with Crippen LogP contribution < -0.4 is 10.1 Å². The van der Waals surface area contributed by atoms with Crippen molar-refractivity contribution >= 4 is 11.6 Å². The summed E-state index contributed by atoms with van der Waals surface area (Å²) in [6, 6.07) is 6.35. The highest BCUT2D eigenvalue weighted by molar-refractivity contribution is 6.32. The van der Waals surface area contributed by atoms with E-state index in [1.54, 1.807) is 7.11 Å². The van der Waals surface area contributed by atoms with Gasteiger partial charge in [0.15, 0.2) is 0 Å². The Bertz CT molecular complexity index is 354. The summed E-state index contributed by atoms with van der Waals surface area (Å²) >= 11 is 6.16. The Morgan fingerprint density at radius 2 is 2.12 bits per heavy atom. The van der Waals surface area contributed by atoms with Gasteiger partial charge in [0.1, 0.15) is 5.75 Å². The van der Waals surface area contributed by atoms with Crippen molar-refractivity contribution < 1.29 is 4.74 Å². The first-order valence-corrected chi connectivity index (χ1v) is 6.52. The van der Waals surface area contributed by atoms with Gasteiger partial charge in [-0.15, -0.1) is 0 Å². The minimum atomic E-state index is 0.346. The molecule has 3 heteroatoms. The van der Waals surface area contributed by atoms with Crippen LogP contribution in [0.3, 0.4) is 0 Å². The minimum Gasteiger partial charge on any atom is -0.495 e. The van der Waals surface area contributed by atoms with Crippen LogP contribution in [0.1, 0.15) is 38.3 Å². The molecule has 0 amide bonds. The number of methoxy groups -OCH3 is 1. The maximum absolute atomic E-state index is 6.16. The van der Waals surface area contributed by atoms with Crippen molar-refractivity contribution in [3.8, 4) is 5.75 Å². The quantitative estimate of drug-likeness (QED) is 0.828. The van der Waals surface area contributed by atoms with Gasteiger partial charge in [0, 0.05) is 6.04 Å². The molecule has 0 fully saturated rings. The van der Waals surface area contributed by atoms with Gasteiger partial charge in [-0.05, 0) is 37.1 Å². The van der Waals surface area contributed by atoms with Crippen molar-refractivity contribution in [2.45, 2.75) is 32.7 Å². The van der Waals surface area contributed by atoms with Crippen LogP contribution in [0.5, 0.6) is 5.75 Å². The molecule has 1 aromatic rings. The molecule has 0 aliphatic carbocycles. The second-order valence-corrected chi connectivity index (χ2v) is 4.83. The molecule has 2 unspecified atom stereocenters. The molecule has 17 heavy (non-hydrogen) atoms. The van der Waals surface area contributed by atoms with E-state index in [1.807, 2.05) is 19.2 Å². The van der Waals surface area contributed by atoms with Crippen LogP contribution in [0.4, 0.5) is 0 Å². The first-order chi connectivity index (χ1) is 8.13. The van der Waals surface area contributed by atoms with Gasteiger partial charge in [0.2, 0.25) is 0 Å². The van der Waals surface area contributed by atoms with E-state index in [-0.39, 0.29) is 0 Å². The summed E-state index contributed by atoms with van der Waals surface area (Å²) in [5, 5.41) is 4.04. The van der Waals surface area contributed by atoms with Gasteiger partial charge in [-0.1, -0.05) is 37.9 Å². The largest absolute Gasteiger partial charge is 0.495 e. The SMILES string of the molecule is CCCC(C)C(NC)c1ccc(OC)c(Cl)c1. The van der Waals surface area contributed by atoms with E-state index in [0.717, 1.165) is 5.75 Å². The van der Waals surface area contributed by atoms with Crippen molar-refractivity contribution in [2.24, 2.45) is 5.92 Å². The van der Waals surface area contributed by atoms with E-state index in [1.165, 1.54) is 18.4 Å². The van der Waals surface area contributed by atoms with Crippen LogP contribution in [-0.4, -0.2) is 14.2 Å². The Labute approximate surface area is 109 Å². The summed E-state index contributed by atoms with van der Waals surface area (Å²) in [4.78, 5) is 0. The lowest BCUT2D eigenvalue weighted by molar-refractivity contribution is 0.382. The van der Waals surface area contributed by atoms with Crippen LogP contribution in [0.25, 0.3) is 0 Å². The Kier molecular flexibility index (Phi) is 5.79. The molecule has 0 radical (unpaired) electrons. The van der Waals surface area contributed by atoms with E-state index in [2.05, 4.69) is 25.2 Å². The average Bonchev–Trinajstić information content (AvgIpc) is 2.30. The molecular formula is C14H22ClNO. The third-order valence-electron chi connectivity index (χ3n) is 3.16. The lowest BCUT2D eigenvalue weighted by Gasteiger charge is -2.24. The van der Waals surface area contributed by atoms with Gasteiger partial charge in [0.25, 0.3) is 0 Å². The Balaban J connectivity index is 2.92. The lowest BCUT2D eigenvalue weighted by atomic mass is 9.91. The molecular weight excluding hydrogens is 234 g/mol. The highest BCUT2D eigenvalue weighted by atomic mass is 35.5. The van der Waals surface area contributed by atoms with Gasteiger partial charge in [-0.2, -0.15) is 0 Å². The molecule has 0 saturated heterocycles. The Morgan fingerprint density at radius 3 is 2.59 bits per heavy atom. The average molecular weight is 256 g/mol. The second kappa shape index (κ2) is 6.87. The zero-order valence-electron chi connectivity index (χ0n) is 11.1. The maximum Gasteiger partial charge on any atom is 0.137 e. The van der Waals surface area contributed by atoms with E-state index in [9.17, 15) is 0 Å². The molecule has 2 nitrogen and oxygen atoms in total. The summed E-state index contributed by atoms with van der Waals surface area (Å²) in [5.41, 5.74) is 1.22. The number of nitrogens with one attached hydrogen (secondary N) is 1. The predicted molar refractivity (Wildman–Crippen MR) is 73.9 cm³/mol. The number of halogens is 1. The smallest absolute Gasteiger partial charge is 0.137 e. The standard InChI is InChI=1S/C14H22ClNO/c1-5-6-10(2)14(16-3)11-7-8-13(17-4)12(15)9-11/h7-10,14,16H,5-6H2,1-4H3. The lowest BCUT2D eigenvalue weighted by Crippen LogP contribution is -2.23. The van der Waals surface area contributed by atoms with E-state index < -0.39 is 0 Å². The van der Waals surface area contributed by atoms with Crippen LogP contribution >= 0.6 is 11.6 Å². The molecule has 0 saturated carbocycles. The molecule has 0 heterocycles. The first kappa shape index (κ1) is 14.3. The van der Waals surface area contributed by atoms with Crippen molar-refractivity contribution in [3.63, 3.8) is 0 Å². The van der Waals surface area contributed by atoms with Gasteiger partial charge in [0.05, 0.1) is 12.1 Å². The number of benzene rings is 1. The fourth-order valence-electron chi connectivity index (χ4n) is 2.28. The molecule has 0 aliphatic heterocycles. The monoisotopic (exact) mass is 255 g/mol. The van der Waals surface area contributed by atoms with Crippen molar-refractivity contribution in [1.29, 1.82) is 0 Å². The fourth-order valence-corrected chi connectivity index (χ4v) is 2.54. The number of rotatable bonds is 6. The summed E-state index contributed by atoms with van der Waals surface area (Å²) in [6.45, 7) is 4.48. The van der Waals surface area contributed by atoms with Crippen molar-refractivity contribution in [2.75, 3.05) is 14.2 Å². The normalized spacial score (nSPS) is 14.4. The summed E-state index contributed by atoms with van der Waals surface area (Å²) < 4.78 is 5.17. The highest BCUT2D eigenvalue weighted by Gasteiger charge is 2.17. The van der Waals surface area contributed by atoms with Crippen LogP contribution in [0.2, 0.25) is 5.02 Å². The highest BCUT2D eigenvalue weighted by Crippen LogP contribution is 2.31. The molecule has 2 atom stereocenters. The fraction of sp³-hybridized carbons (Fsp3) is 0.571. The van der Waals surface area contributed by atoms with Gasteiger partial charge >= 0.3 is 0 Å². The molecule has 0 aliphatic rings. The molecule has 1 N–H and O–H groups in total.